The lowest BCUT2D eigenvalue weighted by Crippen LogP contribution is -2.67. The molecule has 54 heavy (non-hydrogen) atoms. The second-order valence-corrected chi connectivity index (χ2v) is 17.6. The van der Waals surface area contributed by atoms with Crippen LogP contribution in [0.3, 0.4) is 0 Å². The molecule has 9 rings (SSSR count). The lowest BCUT2D eigenvalue weighted by molar-refractivity contribution is -0.179. The molecule has 290 valence electrons. The SMILES string of the molecule is COc1ccc(C(=O)C2=C[C@@]34C=C[C@@]25[C@@H]2CC[C@@](O)(CN(C[C@H]6CCCO6)C(=O)Cc6ccc(OC)c(OC)c6)[C@@]2(C)CC[C@@H]5[C@@]3(C)CCC(O)C4)cc1. The number of aliphatic hydroxyl groups is 2. The van der Waals surface area contributed by atoms with Gasteiger partial charge in [0, 0.05) is 40.5 Å². The lowest BCUT2D eigenvalue weighted by atomic mass is 9.32. The third kappa shape index (κ3) is 5.50. The number of benzene rings is 2. The molecular formula is C45H57NO8. The van der Waals surface area contributed by atoms with Crippen LogP contribution in [0.1, 0.15) is 87.6 Å². The molecule has 2 aromatic carbocycles. The van der Waals surface area contributed by atoms with E-state index in [0.717, 1.165) is 56.1 Å². The Hall–Kier alpha value is -3.66. The van der Waals surface area contributed by atoms with Gasteiger partial charge in [-0.2, -0.15) is 0 Å². The molecule has 0 aromatic heterocycles. The van der Waals surface area contributed by atoms with Crippen molar-refractivity contribution in [1.29, 1.82) is 0 Å². The van der Waals surface area contributed by atoms with Crippen LogP contribution in [0.5, 0.6) is 17.2 Å². The summed E-state index contributed by atoms with van der Waals surface area (Å²) in [5, 5.41) is 24.2. The van der Waals surface area contributed by atoms with Gasteiger partial charge in [-0.1, -0.05) is 38.1 Å². The number of amides is 1. The number of hydrogen-bond donors (Lipinski definition) is 2. The van der Waals surface area contributed by atoms with Crippen LogP contribution in [0.15, 0.2) is 66.3 Å². The van der Waals surface area contributed by atoms with E-state index >= 15 is 0 Å². The van der Waals surface area contributed by atoms with Crippen molar-refractivity contribution < 1.29 is 38.7 Å². The summed E-state index contributed by atoms with van der Waals surface area (Å²) >= 11 is 0. The van der Waals surface area contributed by atoms with Gasteiger partial charge < -0.3 is 34.1 Å². The standard InChI is InChI=1S/C45H57NO8/c1-41-17-14-31(47)25-43(41)20-21-45(34(26-43)40(49)30-9-11-32(51-3)12-10-30)37(41)15-18-42(2)38(45)16-19-44(42,50)28-46(27-33-7-6-22-54-33)39(48)24-29-8-13-35(52-4)36(23-29)53-5/h8-13,20-21,23,26,31,33,37-38,47,50H,6-7,14-19,22,24-25,27-28H2,1-5H3/t31?,33-,37-,38-,41-,42+,43+,44-,45-/m1/s1. The average molecular weight is 740 g/mol. The molecule has 2 bridgehead atoms. The predicted octanol–water partition coefficient (Wildman–Crippen LogP) is 6.74. The summed E-state index contributed by atoms with van der Waals surface area (Å²) in [5.41, 5.74) is -0.639. The van der Waals surface area contributed by atoms with E-state index in [1.165, 1.54) is 0 Å². The van der Waals surface area contributed by atoms with Gasteiger partial charge in [0.1, 0.15) is 5.75 Å². The Labute approximate surface area is 319 Å². The van der Waals surface area contributed by atoms with Crippen molar-refractivity contribution in [2.24, 2.45) is 33.5 Å². The Morgan fingerprint density at radius 3 is 2.30 bits per heavy atom. The first-order valence-corrected chi connectivity index (χ1v) is 20.0. The van der Waals surface area contributed by atoms with Gasteiger partial charge in [-0.15, -0.1) is 0 Å². The fourth-order valence-electron chi connectivity index (χ4n) is 12.4. The number of ketones is 1. The molecule has 1 heterocycles. The summed E-state index contributed by atoms with van der Waals surface area (Å²) in [6.07, 6.45) is 13.6. The molecule has 2 N–H and O–H groups in total. The normalized spacial score (nSPS) is 37.5. The van der Waals surface area contributed by atoms with Crippen LogP contribution < -0.4 is 14.2 Å². The summed E-state index contributed by atoms with van der Waals surface area (Å²) < 4.78 is 22.5. The van der Waals surface area contributed by atoms with E-state index in [0.29, 0.717) is 48.8 Å². The van der Waals surface area contributed by atoms with Gasteiger partial charge in [-0.25, -0.2) is 0 Å². The smallest absolute Gasteiger partial charge is 0.227 e. The average Bonchev–Trinajstić information content (AvgIpc) is 3.79. The van der Waals surface area contributed by atoms with Gasteiger partial charge in [0.2, 0.25) is 5.91 Å². The number of allylic oxidation sites excluding steroid dienone is 4. The minimum absolute atomic E-state index is 0.0123. The minimum Gasteiger partial charge on any atom is -0.497 e. The maximum atomic E-state index is 14.9. The third-order valence-electron chi connectivity index (χ3n) is 15.4. The molecule has 2 aromatic rings. The van der Waals surface area contributed by atoms with Crippen LogP contribution in [0.25, 0.3) is 0 Å². The molecule has 1 unspecified atom stereocenters. The molecule has 3 saturated carbocycles. The summed E-state index contributed by atoms with van der Waals surface area (Å²) in [6.45, 7) is 5.93. The molecule has 1 saturated heterocycles. The van der Waals surface area contributed by atoms with Crippen molar-refractivity contribution in [3.63, 3.8) is 0 Å². The topological polar surface area (TPSA) is 115 Å². The first-order valence-electron chi connectivity index (χ1n) is 20.0. The summed E-state index contributed by atoms with van der Waals surface area (Å²) in [7, 11) is 4.80. The molecular weight excluding hydrogens is 682 g/mol. The molecule has 0 radical (unpaired) electrons. The highest BCUT2D eigenvalue weighted by Gasteiger charge is 2.74. The van der Waals surface area contributed by atoms with Crippen LogP contribution in [0, 0.1) is 33.5 Å². The number of fused-ring (bicyclic) bond motifs is 1. The van der Waals surface area contributed by atoms with Gasteiger partial charge in [0.25, 0.3) is 0 Å². The quantitative estimate of drug-likeness (QED) is 0.193. The fraction of sp³-hybridized carbons (Fsp3) is 0.600. The van der Waals surface area contributed by atoms with E-state index in [2.05, 4.69) is 32.1 Å². The van der Waals surface area contributed by atoms with Crippen molar-refractivity contribution in [2.75, 3.05) is 41.0 Å². The number of carbonyl (C=O) groups is 2. The minimum atomic E-state index is -1.18. The van der Waals surface area contributed by atoms with Gasteiger partial charge >= 0.3 is 0 Å². The molecule has 9 nitrogen and oxygen atoms in total. The maximum Gasteiger partial charge on any atom is 0.227 e. The maximum absolute atomic E-state index is 14.9. The van der Waals surface area contributed by atoms with E-state index in [4.69, 9.17) is 18.9 Å². The number of methoxy groups -OCH3 is 3. The second kappa shape index (κ2) is 13.5. The number of ether oxygens (including phenoxy) is 4. The Kier molecular flexibility index (Phi) is 9.33. The largest absolute Gasteiger partial charge is 0.497 e. The highest BCUT2D eigenvalue weighted by molar-refractivity contribution is 6.10. The number of nitrogens with zero attached hydrogens (tertiary/aromatic N) is 1. The second-order valence-electron chi connectivity index (χ2n) is 17.6. The van der Waals surface area contributed by atoms with E-state index in [1.54, 1.807) is 21.3 Å². The van der Waals surface area contributed by atoms with Gasteiger partial charge in [-0.05, 0) is 117 Å². The highest BCUT2D eigenvalue weighted by atomic mass is 16.5. The molecule has 9 heteroatoms. The van der Waals surface area contributed by atoms with Crippen molar-refractivity contribution in [2.45, 2.75) is 95.9 Å². The number of Topliss-reactive ketones (excluding diaryl/α,β-unsaturated/α-hetero) is 1. The van der Waals surface area contributed by atoms with Crippen LogP contribution in [-0.4, -0.2) is 85.6 Å². The number of carbonyl (C=O) groups excluding carboxylic acids is 2. The Morgan fingerprint density at radius 2 is 1.59 bits per heavy atom. The van der Waals surface area contributed by atoms with Gasteiger partial charge in [0.05, 0.1) is 52.1 Å². The van der Waals surface area contributed by atoms with Crippen LogP contribution in [0.2, 0.25) is 0 Å². The van der Waals surface area contributed by atoms with Gasteiger partial charge in [0.15, 0.2) is 17.3 Å². The first kappa shape index (κ1) is 37.3. The van der Waals surface area contributed by atoms with Crippen molar-refractivity contribution >= 4 is 11.7 Å². The molecule has 1 amide bonds. The van der Waals surface area contributed by atoms with Crippen molar-refractivity contribution in [1.82, 2.24) is 4.90 Å². The molecule has 9 atom stereocenters. The monoisotopic (exact) mass is 739 g/mol. The number of rotatable bonds is 11. The van der Waals surface area contributed by atoms with Crippen LogP contribution in [-0.2, 0) is 16.0 Å². The number of aliphatic hydroxyl groups excluding tert-OH is 1. The molecule has 7 aliphatic rings. The fourth-order valence-corrected chi connectivity index (χ4v) is 12.4. The molecule has 4 fully saturated rings. The summed E-state index contributed by atoms with van der Waals surface area (Å²) in [5.74, 6) is 1.98. The zero-order valence-electron chi connectivity index (χ0n) is 32.6. The van der Waals surface area contributed by atoms with E-state index in [9.17, 15) is 19.8 Å². The van der Waals surface area contributed by atoms with Crippen molar-refractivity contribution in [3.05, 3.63) is 77.4 Å². The molecule has 2 spiro atoms. The van der Waals surface area contributed by atoms with Gasteiger partial charge in [-0.3, -0.25) is 9.59 Å². The van der Waals surface area contributed by atoms with E-state index in [-0.39, 0.29) is 48.0 Å². The predicted molar refractivity (Wildman–Crippen MR) is 205 cm³/mol. The Bertz CT molecular complexity index is 1850. The Morgan fingerprint density at radius 1 is 0.870 bits per heavy atom. The van der Waals surface area contributed by atoms with E-state index in [1.807, 2.05) is 47.4 Å². The summed E-state index contributed by atoms with van der Waals surface area (Å²) in [4.78, 5) is 31.1. The van der Waals surface area contributed by atoms with Crippen LogP contribution in [0.4, 0.5) is 0 Å². The third-order valence-corrected chi connectivity index (χ3v) is 15.4. The highest BCUT2D eigenvalue weighted by Crippen LogP contribution is 2.78. The Balaban J connectivity index is 1.16. The first-order chi connectivity index (χ1) is 25.8. The van der Waals surface area contributed by atoms with E-state index < -0.39 is 27.9 Å². The zero-order chi connectivity index (χ0) is 38.1. The molecule has 6 aliphatic carbocycles. The van der Waals surface area contributed by atoms with Crippen molar-refractivity contribution in [3.8, 4) is 17.2 Å². The van der Waals surface area contributed by atoms with Crippen LogP contribution >= 0.6 is 0 Å². The zero-order valence-corrected chi connectivity index (χ0v) is 32.6. The molecule has 1 aliphatic heterocycles. The summed E-state index contributed by atoms with van der Waals surface area (Å²) in [6, 6.07) is 12.9. The lowest BCUT2D eigenvalue weighted by Gasteiger charge is -2.71. The number of hydrogen-bond acceptors (Lipinski definition) is 8.